The summed E-state index contributed by atoms with van der Waals surface area (Å²) >= 11 is 5.74. The lowest BCUT2D eigenvalue weighted by molar-refractivity contribution is -0.125. The number of carbonyl (C=O) groups is 1. The number of amides is 1. The highest BCUT2D eigenvalue weighted by molar-refractivity contribution is 6.22. The summed E-state index contributed by atoms with van der Waals surface area (Å²) in [6.45, 7) is 2.30. The summed E-state index contributed by atoms with van der Waals surface area (Å²) in [7, 11) is 1.67. The first-order valence-corrected chi connectivity index (χ1v) is 5.58. The summed E-state index contributed by atoms with van der Waals surface area (Å²) in [5.74, 6) is 0.250. The summed E-state index contributed by atoms with van der Waals surface area (Å²) in [6.07, 6.45) is 1.71. The molecule has 0 aromatic rings. The van der Waals surface area contributed by atoms with E-state index in [0.29, 0.717) is 6.54 Å². The highest BCUT2D eigenvalue weighted by Gasteiger charge is 2.24. The van der Waals surface area contributed by atoms with Gasteiger partial charge in [-0.3, -0.25) is 4.79 Å². The number of likely N-dealkylation sites (tertiary alicyclic amines) is 1. The molecule has 1 unspecified atom stereocenters. The van der Waals surface area contributed by atoms with Crippen molar-refractivity contribution in [3.63, 3.8) is 0 Å². The molecule has 0 aliphatic carbocycles. The number of rotatable bonds is 3. The van der Waals surface area contributed by atoms with E-state index in [2.05, 4.69) is 10.2 Å². The average Bonchev–Trinajstić information content (AvgIpc) is 2.29. The molecular weight excluding hydrogens is 214 g/mol. The van der Waals surface area contributed by atoms with Crippen molar-refractivity contribution < 1.29 is 4.79 Å². The van der Waals surface area contributed by atoms with Crippen LogP contribution in [-0.2, 0) is 4.79 Å². The Kier molecular flexibility index (Phi) is 4.86. The minimum absolute atomic E-state index is 0.123. The van der Waals surface area contributed by atoms with E-state index in [9.17, 15) is 4.79 Å². The Bertz CT molecular complexity index is 256. The van der Waals surface area contributed by atoms with Gasteiger partial charge in [-0.15, -0.1) is 11.6 Å². The zero-order chi connectivity index (χ0) is 11.3. The summed E-state index contributed by atoms with van der Waals surface area (Å²) in [5, 5.41) is 10.8. The molecule has 1 N–H and O–H groups in total. The number of piperidine rings is 1. The van der Waals surface area contributed by atoms with E-state index < -0.39 is 5.38 Å². The quantitative estimate of drug-likeness (QED) is 0.721. The lowest BCUT2D eigenvalue weighted by Crippen LogP contribution is -2.41. The Balaban J connectivity index is 2.30. The minimum atomic E-state index is -0.443. The topological polar surface area (TPSA) is 56.1 Å². The van der Waals surface area contributed by atoms with Crippen LogP contribution in [0.3, 0.4) is 0 Å². The molecule has 0 aromatic carbocycles. The van der Waals surface area contributed by atoms with Gasteiger partial charge in [0.25, 0.3) is 0 Å². The molecule has 0 bridgehead atoms. The Morgan fingerprint density at radius 1 is 1.67 bits per heavy atom. The summed E-state index contributed by atoms with van der Waals surface area (Å²) in [5.41, 5.74) is 0. The predicted molar refractivity (Wildman–Crippen MR) is 58.5 cm³/mol. The zero-order valence-corrected chi connectivity index (χ0v) is 9.63. The largest absolute Gasteiger partial charge is 0.359 e. The predicted octanol–water partition coefficient (Wildman–Crippen LogP) is 0.575. The second-order valence-electron chi connectivity index (χ2n) is 3.79. The van der Waals surface area contributed by atoms with Crippen molar-refractivity contribution in [3.8, 4) is 6.07 Å². The van der Waals surface area contributed by atoms with Crippen molar-refractivity contribution >= 4 is 17.5 Å². The maximum atomic E-state index is 11.3. The number of nitrogens with one attached hydrogen (secondary N) is 1. The van der Waals surface area contributed by atoms with Crippen LogP contribution in [0.5, 0.6) is 0 Å². The third kappa shape index (κ3) is 3.69. The van der Waals surface area contributed by atoms with Gasteiger partial charge >= 0.3 is 0 Å². The van der Waals surface area contributed by atoms with Crippen LogP contribution in [0.15, 0.2) is 0 Å². The molecule has 4 nitrogen and oxygen atoms in total. The van der Waals surface area contributed by atoms with Gasteiger partial charge in [0.15, 0.2) is 0 Å². The van der Waals surface area contributed by atoms with Crippen molar-refractivity contribution in [2.24, 2.45) is 5.92 Å². The lowest BCUT2D eigenvalue weighted by Gasteiger charge is -2.31. The number of halogens is 1. The van der Waals surface area contributed by atoms with Crippen LogP contribution >= 0.6 is 11.6 Å². The monoisotopic (exact) mass is 229 g/mol. The van der Waals surface area contributed by atoms with Crippen molar-refractivity contribution in [3.05, 3.63) is 0 Å². The normalized spacial score (nSPS) is 20.6. The second-order valence-corrected chi connectivity index (χ2v) is 4.31. The summed E-state index contributed by atoms with van der Waals surface area (Å²) in [6, 6.07) is 2.00. The Morgan fingerprint density at radius 2 is 2.27 bits per heavy atom. The average molecular weight is 230 g/mol. The molecular formula is C10H16ClN3O. The van der Waals surface area contributed by atoms with Gasteiger partial charge in [-0.2, -0.15) is 5.26 Å². The maximum Gasteiger partial charge on any atom is 0.222 e. The molecule has 5 heteroatoms. The van der Waals surface area contributed by atoms with Crippen LogP contribution in [0, 0.1) is 17.2 Å². The van der Waals surface area contributed by atoms with Crippen LogP contribution in [-0.4, -0.2) is 42.9 Å². The van der Waals surface area contributed by atoms with Crippen molar-refractivity contribution in [2.45, 2.75) is 18.2 Å². The van der Waals surface area contributed by atoms with E-state index in [1.165, 1.54) is 0 Å². The van der Waals surface area contributed by atoms with Gasteiger partial charge in [0.2, 0.25) is 5.91 Å². The van der Waals surface area contributed by atoms with Crippen LogP contribution in [0.2, 0.25) is 0 Å². The van der Waals surface area contributed by atoms with E-state index in [1.807, 2.05) is 6.07 Å². The van der Waals surface area contributed by atoms with Gasteiger partial charge < -0.3 is 10.2 Å². The van der Waals surface area contributed by atoms with Gasteiger partial charge in [-0.1, -0.05) is 0 Å². The van der Waals surface area contributed by atoms with E-state index in [4.69, 9.17) is 16.9 Å². The van der Waals surface area contributed by atoms with Crippen LogP contribution in [0.1, 0.15) is 12.8 Å². The van der Waals surface area contributed by atoms with E-state index >= 15 is 0 Å². The third-order valence-electron chi connectivity index (χ3n) is 2.76. The second kappa shape index (κ2) is 5.94. The van der Waals surface area contributed by atoms with Crippen LogP contribution < -0.4 is 5.32 Å². The first-order chi connectivity index (χ1) is 7.17. The van der Waals surface area contributed by atoms with E-state index in [-0.39, 0.29) is 11.8 Å². The fourth-order valence-corrected chi connectivity index (χ4v) is 2.04. The molecule has 1 amide bonds. The summed E-state index contributed by atoms with van der Waals surface area (Å²) in [4.78, 5) is 13.5. The Labute approximate surface area is 95.2 Å². The maximum absolute atomic E-state index is 11.3. The van der Waals surface area contributed by atoms with Crippen molar-refractivity contribution in [1.82, 2.24) is 10.2 Å². The molecule has 15 heavy (non-hydrogen) atoms. The first-order valence-electron chi connectivity index (χ1n) is 5.15. The lowest BCUT2D eigenvalue weighted by atomic mass is 9.96. The smallest absolute Gasteiger partial charge is 0.222 e. The van der Waals surface area contributed by atoms with Crippen molar-refractivity contribution in [2.75, 3.05) is 26.7 Å². The number of hydrogen-bond donors (Lipinski definition) is 1. The molecule has 1 saturated heterocycles. The van der Waals surface area contributed by atoms with Gasteiger partial charge in [0.1, 0.15) is 5.38 Å². The van der Waals surface area contributed by atoms with Gasteiger partial charge in [-0.25, -0.2) is 0 Å². The first kappa shape index (κ1) is 12.3. The van der Waals surface area contributed by atoms with Crippen molar-refractivity contribution in [1.29, 1.82) is 5.26 Å². The minimum Gasteiger partial charge on any atom is -0.359 e. The van der Waals surface area contributed by atoms with E-state index in [0.717, 1.165) is 25.9 Å². The number of nitriles is 1. The van der Waals surface area contributed by atoms with Gasteiger partial charge in [0, 0.05) is 19.5 Å². The van der Waals surface area contributed by atoms with Gasteiger partial charge in [-0.05, 0) is 25.9 Å². The molecule has 1 fully saturated rings. The zero-order valence-electron chi connectivity index (χ0n) is 8.87. The Morgan fingerprint density at radius 3 is 2.73 bits per heavy atom. The number of carbonyl (C=O) groups excluding carboxylic acids is 1. The molecule has 1 rings (SSSR count). The fourth-order valence-electron chi connectivity index (χ4n) is 1.85. The SMILES string of the molecule is CNC(=O)C1CCN(CC(Cl)C#N)CC1. The van der Waals surface area contributed by atoms with Crippen LogP contribution in [0.4, 0.5) is 0 Å². The van der Waals surface area contributed by atoms with E-state index in [1.54, 1.807) is 7.05 Å². The Hall–Kier alpha value is -0.790. The van der Waals surface area contributed by atoms with Crippen LogP contribution in [0.25, 0.3) is 0 Å². The molecule has 1 atom stereocenters. The number of hydrogen-bond acceptors (Lipinski definition) is 3. The fraction of sp³-hybridized carbons (Fsp3) is 0.800. The molecule has 0 aromatic heterocycles. The number of nitrogens with zero attached hydrogens (tertiary/aromatic N) is 2. The molecule has 84 valence electrons. The molecule has 0 saturated carbocycles. The molecule has 0 spiro atoms. The highest BCUT2D eigenvalue weighted by Crippen LogP contribution is 2.17. The third-order valence-corrected chi connectivity index (χ3v) is 3.00. The molecule has 1 aliphatic heterocycles. The number of alkyl halides is 1. The molecule has 1 aliphatic rings. The standard InChI is InChI=1S/C10H16ClN3O/c1-13-10(15)8-2-4-14(5-3-8)7-9(11)6-12/h8-9H,2-5,7H2,1H3,(H,13,15). The molecule has 1 heterocycles. The molecule has 0 radical (unpaired) electrons. The summed E-state index contributed by atoms with van der Waals surface area (Å²) < 4.78 is 0. The highest BCUT2D eigenvalue weighted by atomic mass is 35.5. The van der Waals surface area contributed by atoms with Gasteiger partial charge in [0.05, 0.1) is 6.07 Å².